The molecule has 140 valence electrons. The van der Waals surface area contributed by atoms with Crippen molar-refractivity contribution in [1.29, 1.82) is 0 Å². The summed E-state index contributed by atoms with van der Waals surface area (Å²) in [6.07, 6.45) is 10.7. The molecule has 2 heterocycles. The van der Waals surface area contributed by atoms with Crippen molar-refractivity contribution in [2.45, 2.75) is 63.9 Å². The zero-order valence-corrected chi connectivity index (χ0v) is 16.0. The monoisotopic (exact) mass is 361 g/mol. The third-order valence-electron chi connectivity index (χ3n) is 6.25. The van der Waals surface area contributed by atoms with Gasteiger partial charge in [0.05, 0.1) is 6.10 Å². The van der Waals surface area contributed by atoms with E-state index in [0.717, 1.165) is 48.0 Å². The fourth-order valence-corrected chi connectivity index (χ4v) is 4.38. The summed E-state index contributed by atoms with van der Waals surface area (Å²) in [5.74, 6) is 3.55. The molecule has 0 N–H and O–H groups in total. The van der Waals surface area contributed by atoms with Crippen LogP contribution < -0.4 is 4.74 Å². The van der Waals surface area contributed by atoms with Gasteiger partial charge in [-0.05, 0) is 68.9 Å². The van der Waals surface area contributed by atoms with Crippen LogP contribution in [-0.4, -0.2) is 20.7 Å². The largest absolute Gasteiger partial charge is 0.490 e. The summed E-state index contributed by atoms with van der Waals surface area (Å²) in [4.78, 5) is 0. The van der Waals surface area contributed by atoms with Crippen LogP contribution in [-0.2, 0) is 6.42 Å². The topological polar surface area (TPSA) is 39.4 Å². The lowest BCUT2D eigenvalue weighted by molar-refractivity contribution is 0.145. The molecule has 1 aromatic carbocycles. The zero-order chi connectivity index (χ0) is 18.2. The molecule has 27 heavy (non-hydrogen) atoms. The Morgan fingerprint density at radius 1 is 0.963 bits per heavy atom. The van der Waals surface area contributed by atoms with Crippen LogP contribution in [0.5, 0.6) is 5.75 Å². The molecular weight excluding hydrogens is 334 g/mol. The van der Waals surface area contributed by atoms with Crippen LogP contribution in [0.2, 0.25) is 0 Å². The van der Waals surface area contributed by atoms with Crippen molar-refractivity contribution in [3.05, 3.63) is 59.5 Å². The van der Waals surface area contributed by atoms with E-state index in [1.807, 2.05) is 0 Å². The molecule has 2 fully saturated rings. The van der Waals surface area contributed by atoms with Crippen LogP contribution in [0.1, 0.15) is 61.4 Å². The van der Waals surface area contributed by atoms with Gasteiger partial charge in [-0.2, -0.15) is 0 Å². The number of ether oxygens (including phenoxy) is 1. The molecule has 0 saturated heterocycles. The predicted molar refractivity (Wildman–Crippen MR) is 106 cm³/mol. The maximum absolute atomic E-state index is 6.40. The van der Waals surface area contributed by atoms with Crippen molar-refractivity contribution in [3.8, 4) is 5.75 Å². The Bertz CT molecular complexity index is 921. The Balaban J connectivity index is 1.27. The Hall–Kier alpha value is -2.36. The molecule has 0 aliphatic heterocycles. The van der Waals surface area contributed by atoms with Crippen molar-refractivity contribution < 1.29 is 4.74 Å². The maximum Gasteiger partial charge on any atom is 0.167 e. The molecule has 4 nitrogen and oxygen atoms in total. The average Bonchev–Trinajstić information content (AvgIpc) is 3.44. The lowest BCUT2D eigenvalue weighted by Gasteiger charge is -2.29. The molecule has 0 radical (unpaired) electrons. The van der Waals surface area contributed by atoms with Gasteiger partial charge in [0.15, 0.2) is 5.65 Å². The minimum Gasteiger partial charge on any atom is -0.490 e. The van der Waals surface area contributed by atoms with E-state index in [-0.39, 0.29) is 0 Å². The van der Waals surface area contributed by atoms with E-state index in [0.29, 0.717) is 12.0 Å². The van der Waals surface area contributed by atoms with E-state index in [1.54, 1.807) is 0 Å². The molecule has 0 atom stereocenters. The van der Waals surface area contributed by atoms with Crippen LogP contribution in [0.15, 0.2) is 42.6 Å². The first kappa shape index (κ1) is 16.8. The Morgan fingerprint density at radius 2 is 1.74 bits per heavy atom. The minimum absolute atomic E-state index is 0.306. The van der Waals surface area contributed by atoms with Crippen LogP contribution >= 0.6 is 0 Å². The SMILES string of the molecule is Cc1c(OC2CCC(c3ccccc3)CC2)ccn2c(CC3CC3)nnc12. The van der Waals surface area contributed by atoms with Crippen molar-refractivity contribution >= 4 is 5.65 Å². The smallest absolute Gasteiger partial charge is 0.167 e. The van der Waals surface area contributed by atoms with Crippen LogP contribution in [0, 0.1) is 12.8 Å². The van der Waals surface area contributed by atoms with E-state index in [4.69, 9.17) is 4.74 Å². The number of aryl methyl sites for hydroxylation is 1. The lowest BCUT2D eigenvalue weighted by Crippen LogP contribution is -2.23. The van der Waals surface area contributed by atoms with Crippen molar-refractivity contribution in [3.63, 3.8) is 0 Å². The normalized spacial score (nSPS) is 22.9. The Kier molecular flexibility index (Phi) is 4.35. The number of hydrogen-bond acceptors (Lipinski definition) is 3. The predicted octanol–water partition coefficient (Wildman–Crippen LogP) is 5.10. The molecule has 0 spiro atoms. The van der Waals surface area contributed by atoms with Crippen LogP contribution in [0.4, 0.5) is 0 Å². The number of rotatable bonds is 5. The Morgan fingerprint density at radius 3 is 2.48 bits per heavy atom. The first-order valence-corrected chi connectivity index (χ1v) is 10.3. The lowest BCUT2D eigenvalue weighted by atomic mass is 9.83. The molecule has 2 saturated carbocycles. The molecule has 2 aromatic heterocycles. The number of hydrogen-bond donors (Lipinski definition) is 0. The molecule has 3 aromatic rings. The van der Waals surface area contributed by atoms with E-state index in [9.17, 15) is 0 Å². The number of aromatic nitrogens is 3. The van der Waals surface area contributed by atoms with Gasteiger partial charge in [-0.15, -0.1) is 10.2 Å². The Labute approximate surface area is 160 Å². The molecule has 0 amide bonds. The van der Waals surface area contributed by atoms with Gasteiger partial charge in [-0.1, -0.05) is 30.3 Å². The number of nitrogens with zero attached hydrogens (tertiary/aromatic N) is 3. The highest BCUT2D eigenvalue weighted by atomic mass is 16.5. The molecule has 2 aliphatic rings. The van der Waals surface area contributed by atoms with Crippen LogP contribution in [0.25, 0.3) is 5.65 Å². The van der Waals surface area contributed by atoms with E-state index in [2.05, 4.69) is 64.1 Å². The molecule has 4 heteroatoms. The second-order valence-electron chi connectivity index (χ2n) is 8.26. The van der Waals surface area contributed by atoms with Crippen molar-refractivity contribution in [2.24, 2.45) is 5.92 Å². The van der Waals surface area contributed by atoms with Gasteiger partial charge in [-0.25, -0.2) is 0 Å². The summed E-state index contributed by atoms with van der Waals surface area (Å²) in [7, 11) is 0. The average molecular weight is 361 g/mol. The molecule has 5 rings (SSSR count). The summed E-state index contributed by atoms with van der Waals surface area (Å²) >= 11 is 0. The summed E-state index contributed by atoms with van der Waals surface area (Å²) < 4.78 is 8.55. The highest BCUT2D eigenvalue weighted by Gasteiger charge is 2.26. The molecule has 0 unspecified atom stereocenters. The highest BCUT2D eigenvalue weighted by molar-refractivity contribution is 5.54. The van der Waals surface area contributed by atoms with E-state index >= 15 is 0 Å². The summed E-state index contributed by atoms with van der Waals surface area (Å²) in [6, 6.07) is 13.0. The van der Waals surface area contributed by atoms with Gasteiger partial charge in [0, 0.05) is 18.2 Å². The molecular formula is C23H27N3O. The molecule has 2 aliphatic carbocycles. The zero-order valence-electron chi connectivity index (χ0n) is 16.0. The quantitative estimate of drug-likeness (QED) is 0.635. The molecule has 0 bridgehead atoms. The van der Waals surface area contributed by atoms with E-state index < -0.39 is 0 Å². The van der Waals surface area contributed by atoms with Gasteiger partial charge in [0.1, 0.15) is 11.6 Å². The summed E-state index contributed by atoms with van der Waals surface area (Å²) in [6.45, 7) is 2.11. The fourth-order valence-electron chi connectivity index (χ4n) is 4.38. The van der Waals surface area contributed by atoms with Gasteiger partial charge in [0.2, 0.25) is 0 Å². The second-order valence-corrected chi connectivity index (χ2v) is 8.26. The van der Waals surface area contributed by atoms with Gasteiger partial charge < -0.3 is 4.74 Å². The third-order valence-corrected chi connectivity index (χ3v) is 6.25. The first-order valence-electron chi connectivity index (χ1n) is 10.3. The van der Waals surface area contributed by atoms with Crippen molar-refractivity contribution in [2.75, 3.05) is 0 Å². The van der Waals surface area contributed by atoms with Crippen LogP contribution in [0.3, 0.4) is 0 Å². The minimum atomic E-state index is 0.306. The van der Waals surface area contributed by atoms with Gasteiger partial charge >= 0.3 is 0 Å². The third kappa shape index (κ3) is 3.45. The number of pyridine rings is 1. The highest BCUT2D eigenvalue weighted by Crippen LogP contribution is 2.36. The standard InChI is InChI=1S/C23H27N3O/c1-16-21(13-14-26-22(15-17-7-8-17)24-25-23(16)26)27-20-11-9-19(10-12-20)18-5-3-2-4-6-18/h2-6,13-14,17,19-20H,7-12,15H2,1H3. The van der Waals surface area contributed by atoms with Gasteiger partial charge in [0.25, 0.3) is 0 Å². The van der Waals surface area contributed by atoms with Gasteiger partial charge in [-0.3, -0.25) is 4.40 Å². The fraction of sp³-hybridized carbons (Fsp3) is 0.478. The summed E-state index contributed by atoms with van der Waals surface area (Å²) in [5.41, 5.74) is 3.53. The number of fused-ring (bicyclic) bond motifs is 1. The first-order chi connectivity index (χ1) is 13.3. The van der Waals surface area contributed by atoms with E-state index in [1.165, 1.54) is 31.2 Å². The summed E-state index contributed by atoms with van der Waals surface area (Å²) in [5, 5.41) is 8.86. The second kappa shape index (κ2) is 6.99. The number of benzene rings is 1. The van der Waals surface area contributed by atoms with Crippen molar-refractivity contribution in [1.82, 2.24) is 14.6 Å². The maximum atomic E-state index is 6.40.